The minimum Gasteiger partial charge on any atom is -0.493 e. The van der Waals surface area contributed by atoms with Gasteiger partial charge in [0.1, 0.15) is 0 Å². The monoisotopic (exact) mass is 546 g/mol. The smallest absolute Gasteiger partial charge is 0.259 e. The van der Waals surface area contributed by atoms with E-state index >= 15 is 0 Å². The molecule has 1 aliphatic heterocycles. The molecule has 40 heavy (non-hydrogen) atoms. The van der Waals surface area contributed by atoms with Crippen molar-refractivity contribution in [2.75, 3.05) is 48.1 Å². The second-order valence-corrected chi connectivity index (χ2v) is 9.42. The maximum absolute atomic E-state index is 13.5. The maximum atomic E-state index is 13.5. The van der Waals surface area contributed by atoms with Crippen molar-refractivity contribution in [2.45, 2.75) is 20.4 Å². The van der Waals surface area contributed by atoms with Crippen molar-refractivity contribution >= 4 is 44.8 Å². The van der Waals surface area contributed by atoms with E-state index in [0.29, 0.717) is 51.4 Å². The third-order valence-electron chi connectivity index (χ3n) is 7.60. The predicted octanol–water partition coefficient (Wildman–Crippen LogP) is 4.07. The SMILES string of the molecule is CCN(CC)CCn1cc(C2=C(c3c[nH]c4ccc(OC)c(OC)c34)C(=O)NC2=O)c2c(OC)c(OC)ccc21. The van der Waals surface area contributed by atoms with E-state index in [1.807, 2.05) is 24.4 Å². The minimum absolute atomic E-state index is 0.246. The Hall–Kier alpha value is -4.44. The summed E-state index contributed by atoms with van der Waals surface area (Å²) < 4.78 is 24.7. The van der Waals surface area contributed by atoms with Gasteiger partial charge in [0.2, 0.25) is 0 Å². The van der Waals surface area contributed by atoms with Gasteiger partial charge >= 0.3 is 0 Å². The molecule has 3 heterocycles. The molecule has 2 aromatic heterocycles. The van der Waals surface area contributed by atoms with E-state index < -0.39 is 11.8 Å². The number of likely N-dealkylation sites (N-methyl/N-ethyl adjacent to an activating group) is 1. The first-order chi connectivity index (χ1) is 19.4. The molecule has 0 atom stereocenters. The van der Waals surface area contributed by atoms with Crippen LogP contribution < -0.4 is 24.3 Å². The Balaban J connectivity index is 1.82. The molecular weight excluding hydrogens is 512 g/mol. The van der Waals surface area contributed by atoms with Crippen LogP contribution in [0.2, 0.25) is 0 Å². The van der Waals surface area contributed by atoms with E-state index in [1.54, 1.807) is 40.7 Å². The standard InChI is InChI=1S/C30H34N4O6/c1-7-33(8-2)13-14-34-16-18(24-20(34)10-12-22(38-4)28(24)40-6)26-25(29(35)32-30(26)36)17-15-31-19-9-11-21(37-3)27(39-5)23(17)19/h9-12,15-16,31H,7-8,13-14H2,1-6H3,(H,32,35,36). The summed E-state index contributed by atoms with van der Waals surface area (Å²) >= 11 is 0. The van der Waals surface area contributed by atoms with Gasteiger partial charge < -0.3 is 33.4 Å². The first-order valence-electron chi connectivity index (χ1n) is 13.2. The van der Waals surface area contributed by atoms with Crippen molar-refractivity contribution in [3.63, 3.8) is 0 Å². The van der Waals surface area contributed by atoms with Crippen LogP contribution in [0.15, 0.2) is 36.7 Å². The van der Waals surface area contributed by atoms with Gasteiger partial charge in [-0.05, 0) is 37.4 Å². The first-order valence-corrected chi connectivity index (χ1v) is 13.2. The molecule has 2 amide bonds. The Morgan fingerprint density at radius 1 is 0.775 bits per heavy atom. The highest BCUT2D eigenvalue weighted by atomic mass is 16.5. The fourth-order valence-corrected chi connectivity index (χ4v) is 5.57. The van der Waals surface area contributed by atoms with Crippen LogP contribution in [0.1, 0.15) is 25.0 Å². The number of hydrogen-bond donors (Lipinski definition) is 2. The van der Waals surface area contributed by atoms with E-state index in [-0.39, 0.29) is 11.1 Å². The molecule has 0 spiro atoms. The number of ether oxygens (including phenoxy) is 4. The van der Waals surface area contributed by atoms with E-state index in [9.17, 15) is 9.59 Å². The van der Waals surface area contributed by atoms with Gasteiger partial charge in [0.25, 0.3) is 11.8 Å². The lowest BCUT2D eigenvalue weighted by atomic mass is 9.95. The lowest BCUT2D eigenvalue weighted by Crippen LogP contribution is -2.26. The third-order valence-corrected chi connectivity index (χ3v) is 7.60. The summed E-state index contributed by atoms with van der Waals surface area (Å²) in [5.74, 6) is 1.04. The van der Waals surface area contributed by atoms with Crippen LogP contribution in [-0.4, -0.2) is 74.3 Å². The van der Waals surface area contributed by atoms with E-state index in [1.165, 1.54) is 0 Å². The summed E-state index contributed by atoms with van der Waals surface area (Å²) in [6.45, 7) is 7.62. The van der Waals surface area contributed by atoms with Crippen LogP contribution in [0.5, 0.6) is 23.0 Å². The summed E-state index contributed by atoms with van der Waals surface area (Å²) in [4.78, 5) is 32.5. The summed E-state index contributed by atoms with van der Waals surface area (Å²) in [5, 5.41) is 3.86. The molecule has 0 radical (unpaired) electrons. The normalized spacial score (nSPS) is 13.6. The molecule has 4 aromatic rings. The van der Waals surface area contributed by atoms with Gasteiger partial charge in [-0.2, -0.15) is 0 Å². The molecule has 0 aliphatic carbocycles. The molecule has 2 aromatic carbocycles. The Bertz CT molecular complexity index is 1640. The quantitative estimate of drug-likeness (QED) is 0.273. The molecule has 5 rings (SSSR count). The van der Waals surface area contributed by atoms with Gasteiger partial charge in [0.05, 0.1) is 61.4 Å². The highest BCUT2D eigenvalue weighted by molar-refractivity contribution is 6.51. The Morgan fingerprint density at radius 2 is 1.38 bits per heavy atom. The van der Waals surface area contributed by atoms with E-state index in [4.69, 9.17) is 18.9 Å². The number of fused-ring (bicyclic) bond motifs is 2. The van der Waals surface area contributed by atoms with Crippen molar-refractivity contribution in [3.8, 4) is 23.0 Å². The fourth-order valence-electron chi connectivity index (χ4n) is 5.57. The van der Waals surface area contributed by atoms with Crippen molar-refractivity contribution in [3.05, 3.63) is 47.8 Å². The minimum atomic E-state index is -0.489. The predicted molar refractivity (Wildman–Crippen MR) is 154 cm³/mol. The van der Waals surface area contributed by atoms with Crippen LogP contribution in [0.4, 0.5) is 0 Å². The van der Waals surface area contributed by atoms with Crippen LogP contribution in [0.3, 0.4) is 0 Å². The average molecular weight is 547 g/mol. The number of rotatable bonds is 11. The van der Waals surface area contributed by atoms with Crippen molar-refractivity contribution in [1.82, 2.24) is 19.8 Å². The molecular formula is C30H34N4O6. The molecule has 0 unspecified atom stereocenters. The zero-order valence-electron chi connectivity index (χ0n) is 23.6. The number of aromatic amines is 1. The van der Waals surface area contributed by atoms with Crippen LogP contribution in [-0.2, 0) is 16.1 Å². The topological polar surface area (TPSA) is 107 Å². The van der Waals surface area contributed by atoms with Gasteiger partial charge in [-0.15, -0.1) is 0 Å². The number of nitrogens with zero attached hydrogens (tertiary/aromatic N) is 2. The molecule has 0 fully saturated rings. The number of carbonyl (C=O) groups is 2. The number of nitrogens with one attached hydrogen (secondary N) is 2. The van der Waals surface area contributed by atoms with Gasteiger partial charge in [0, 0.05) is 36.6 Å². The number of carbonyl (C=O) groups excluding carboxylic acids is 2. The van der Waals surface area contributed by atoms with Crippen molar-refractivity contribution < 1.29 is 28.5 Å². The second-order valence-electron chi connectivity index (χ2n) is 9.42. The zero-order valence-corrected chi connectivity index (χ0v) is 23.6. The number of methoxy groups -OCH3 is 4. The molecule has 1 aliphatic rings. The summed E-state index contributed by atoms with van der Waals surface area (Å²) in [7, 11) is 6.24. The first kappa shape index (κ1) is 27.1. The third kappa shape index (κ3) is 4.24. The highest BCUT2D eigenvalue weighted by Gasteiger charge is 2.37. The van der Waals surface area contributed by atoms with Crippen LogP contribution in [0.25, 0.3) is 33.0 Å². The molecule has 10 heteroatoms. The summed E-state index contributed by atoms with van der Waals surface area (Å²) in [6, 6.07) is 7.45. The number of amides is 2. The largest absolute Gasteiger partial charge is 0.493 e. The summed E-state index contributed by atoms with van der Waals surface area (Å²) in [6.07, 6.45) is 3.65. The van der Waals surface area contributed by atoms with E-state index in [2.05, 4.69) is 33.6 Å². The van der Waals surface area contributed by atoms with Gasteiger partial charge in [-0.1, -0.05) is 13.8 Å². The zero-order chi connectivity index (χ0) is 28.6. The molecule has 0 saturated heterocycles. The summed E-state index contributed by atoms with van der Waals surface area (Å²) in [5.41, 5.74) is 3.24. The van der Waals surface area contributed by atoms with Crippen LogP contribution >= 0.6 is 0 Å². The molecule has 10 nitrogen and oxygen atoms in total. The lowest BCUT2D eigenvalue weighted by molar-refractivity contribution is -0.122. The van der Waals surface area contributed by atoms with Crippen molar-refractivity contribution in [1.29, 1.82) is 0 Å². The van der Waals surface area contributed by atoms with Gasteiger partial charge in [-0.3, -0.25) is 14.9 Å². The van der Waals surface area contributed by atoms with E-state index in [0.717, 1.165) is 30.7 Å². The lowest BCUT2D eigenvalue weighted by Gasteiger charge is -2.18. The second kappa shape index (κ2) is 11.0. The number of imide groups is 1. The average Bonchev–Trinajstić information content (AvgIpc) is 3.64. The number of hydrogen-bond acceptors (Lipinski definition) is 7. The molecule has 210 valence electrons. The highest BCUT2D eigenvalue weighted by Crippen LogP contribution is 2.46. The number of aromatic nitrogens is 2. The molecule has 0 saturated carbocycles. The molecule has 2 N–H and O–H groups in total. The van der Waals surface area contributed by atoms with Crippen molar-refractivity contribution in [2.24, 2.45) is 0 Å². The van der Waals surface area contributed by atoms with Gasteiger partial charge in [-0.25, -0.2) is 0 Å². The number of H-pyrrole nitrogens is 1. The maximum Gasteiger partial charge on any atom is 0.259 e. The fraction of sp³-hybridized carbons (Fsp3) is 0.333. The number of benzene rings is 2. The Morgan fingerprint density at radius 3 is 1.98 bits per heavy atom. The molecule has 0 bridgehead atoms. The van der Waals surface area contributed by atoms with Crippen LogP contribution in [0, 0.1) is 0 Å². The van der Waals surface area contributed by atoms with Gasteiger partial charge in [0.15, 0.2) is 23.0 Å². The Labute approximate surface area is 232 Å². The Kier molecular flexibility index (Phi) is 7.44.